The predicted octanol–water partition coefficient (Wildman–Crippen LogP) is 3.15. The Morgan fingerprint density at radius 1 is 0.963 bits per heavy atom. The van der Waals surface area contributed by atoms with Crippen LogP contribution in [0, 0.1) is 11.7 Å². The summed E-state index contributed by atoms with van der Waals surface area (Å²) in [7, 11) is 3.54. The van der Waals surface area contributed by atoms with Gasteiger partial charge in [0.15, 0.2) is 0 Å². The van der Waals surface area contributed by atoms with Gasteiger partial charge in [0.1, 0.15) is 5.82 Å². The summed E-state index contributed by atoms with van der Waals surface area (Å²) in [5.74, 6) is -0.276. The van der Waals surface area contributed by atoms with E-state index in [-0.39, 0.29) is 17.7 Å². The summed E-state index contributed by atoms with van der Waals surface area (Å²) in [5.41, 5.74) is 0.837. The molecule has 2 fully saturated rings. The molecule has 0 N–H and O–H groups in total. The molecule has 6 heteroatoms. The van der Waals surface area contributed by atoms with Crippen molar-refractivity contribution >= 4 is 17.5 Å². The average molecular weight is 375 g/mol. The Bertz CT molecular complexity index is 676. The van der Waals surface area contributed by atoms with Gasteiger partial charge in [-0.25, -0.2) is 4.39 Å². The molecule has 1 aromatic carbocycles. The summed E-state index contributed by atoms with van der Waals surface area (Å²) >= 11 is 0. The number of hydrogen-bond donors (Lipinski definition) is 0. The molecular formula is C21H30FN3O2. The van der Waals surface area contributed by atoms with E-state index in [0.717, 1.165) is 25.9 Å². The molecule has 2 aliphatic rings. The molecule has 1 aromatic rings. The maximum absolute atomic E-state index is 14.2. The number of likely N-dealkylation sites (tertiary alicyclic amines) is 2. The van der Waals surface area contributed by atoms with E-state index in [1.807, 2.05) is 4.90 Å². The van der Waals surface area contributed by atoms with Gasteiger partial charge in [0.25, 0.3) is 5.91 Å². The standard InChI is InChI=1S/C21H30FN3O2/c1-23(2)19-8-7-17(15-18(19)22)21(27)25-13-9-16(10-14-25)20(26)24-11-5-3-4-6-12-24/h7-8,15-16H,3-6,9-14H2,1-2H3. The Labute approximate surface area is 161 Å². The van der Waals surface area contributed by atoms with Crippen LogP contribution in [0.4, 0.5) is 10.1 Å². The first kappa shape index (κ1) is 19.6. The van der Waals surface area contributed by atoms with Crippen molar-refractivity contribution in [2.45, 2.75) is 38.5 Å². The van der Waals surface area contributed by atoms with E-state index in [1.165, 1.54) is 18.9 Å². The van der Waals surface area contributed by atoms with Crippen molar-refractivity contribution in [3.63, 3.8) is 0 Å². The summed E-state index contributed by atoms with van der Waals surface area (Å²) in [4.78, 5) is 30.9. The highest BCUT2D eigenvalue weighted by Crippen LogP contribution is 2.24. The third-order valence-corrected chi connectivity index (χ3v) is 5.73. The smallest absolute Gasteiger partial charge is 0.253 e. The molecule has 3 rings (SSSR count). The van der Waals surface area contributed by atoms with Gasteiger partial charge in [-0.15, -0.1) is 0 Å². The van der Waals surface area contributed by atoms with Gasteiger partial charge in [0.05, 0.1) is 5.69 Å². The minimum Gasteiger partial charge on any atom is -0.375 e. The van der Waals surface area contributed by atoms with E-state index >= 15 is 0 Å². The number of halogens is 1. The molecule has 0 aromatic heterocycles. The third-order valence-electron chi connectivity index (χ3n) is 5.73. The summed E-state index contributed by atoms with van der Waals surface area (Å²) in [6.45, 7) is 2.85. The predicted molar refractivity (Wildman–Crippen MR) is 104 cm³/mol. The van der Waals surface area contributed by atoms with Crippen LogP contribution >= 0.6 is 0 Å². The Morgan fingerprint density at radius 3 is 2.15 bits per heavy atom. The fourth-order valence-corrected chi connectivity index (χ4v) is 4.06. The van der Waals surface area contributed by atoms with E-state index < -0.39 is 5.82 Å². The number of amides is 2. The topological polar surface area (TPSA) is 43.9 Å². The summed E-state index contributed by atoms with van der Waals surface area (Å²) in [6, 6.07) is 4.62. The Balaban J connectivity index is 1.57. The molecule has 2 saturated heterocycles. The summed E-state index contributed by atoms with van der Waals surface area (Å²) in [5, 5.41) is 0. The monoisotopic (exact) mass is 375 g/mol. The Morgan fingerprint density at radius 2 is 1.59 bits per heavy atom. The number of carbonyl (C=O) groups excluding carboxylic acids is 2. The first-order chi connectivity index (χ1) is 13.0. The SMILES string of the molecule is CN(C)c1ccc(C(=O)N2CCC(C(=O)N3CCCCCC3)CC2)cc1F. The van der Waals surface area contributed by atoms with Gasteiger partial charge in [-0.2, -0.15) is 0 Å². The molecule has 2 amide bonds. The molecule has 0 spiro atoms. The number of anilines is 1. The van der Waals surface area contributed by atoms with Crippen molar-refractivity contribution in [2.75, 3.05) is 45.2 Å². The van der Waals surface area contributed by atoms with E-state index in [0.29, 0.717) is 37.2 Å². The quantitative estimate of drug-likeness (QED) is 0.815. The van der Waals surface area contributed by atoms with Crippen LogP contribution in [-0.4, -0.2) is 61.9 Å². The van der Waals surface area contributed by atoms with Gasteiger partial charge in [-0.1, -0.05) is 12.8 Å². The zero-order valence-corrected chi connectivity index (χ0v) is 16.4. The zero-order valence-electron chi connectivity index (χ0n) is 16.4. The zero-order chi connectivity index (χ0) is 19.4. The number of carbonyl (C=O) groups is 2. The number of piperidine rings is 1. The van der Waals surface area contributed by atoms with Crippen molar-refractivity contribution in [1.82, 2.24) is 9.80 Å². The number of rotatable bonds is 3. The van der Waals surface area contributed by atoms with Gasteiger partial charge >= 0.3 is 0 Å². The van der Waals surface area contributed by atoms with Gasteiger partial charge in [0.2, 0.25) is 5.91 Å². The van der Waals surface area contributed by atoms with Crippen molar-refractivity contribution in [1.29, 1.82) is 0 Å². The molecule has 0 unspecified atom stereocenters. The minimum absolute atomic E-state index is 0.0139. The first-order valence-corrected chi connectivity index (χ1v) is 10.0. The molecule has 27 heavy (non-hydrogen) atoms. The highest BCUT2D eigenvalue weighted by Gasteiger charge is 2.31. The molecule has 0 aliphatic carbocycles. The van der Waals surface area contributed by atoms with Crippen molar-refractivity contribution in [3.05, 3.63) is 29.6 Å². The van der Waals surface area contributed by atoms with Gasteiger partial charge in [-0.3, -0.25) is 9.59 Å². The van der Waals surface area contributed by atoms with Crippen LogP contribution in [-0.2, 0) is 4.79 Å². The van der Waals surface area contributed by atoms with Crippen LogP contribution in [0.5, 0.6) is 0 Å². The van der Waals surface area contributed by atoms with Gasteiger partial charge < -0.3 is 14.7 Å². The van der Waals surface area contributed by atoms with Crippen molar-refractivity contribution in [3.8, 4) is 0 Å². The molecule has 0 radical (unpaired) electrons. The van der Waals surface area contributed by atoms with E-state index in [4.69, 9.17) is 0 Å². The van der Waals surface area contributed by atoms with Crippen LogP contribution in [0.25, 0.3) is 0 Å². The molecule has 2 heterocycles. The van der Waals surface area contributed by atoms with Crippen LogP contribution < -0.4 is 4.90 Å². The Hall–Kier alpha value is -2.11. The van der Waals surface area contributed by atoms with Crippen LogP contribution in [0.15, 0.2) is 18.2 Å². The average Bonchev–Trinajstić information content (AvgIpc) is 2.96. The lowest BCUT2D eigenvalue weighted by atomic mass is 9.94. The fraction of sp³-hybridized carbons (Fsp3) is 0.619. The summed E-state index contributed by atoms with van der Waals surface area (Å²) < 4.78 is 14.2. The van der Waals surface area contributed by atoms with Gasteiger partial charge in [-0.05, 0) is 43.9 Å². The first-order valence-electron chi connectivity index (χ1n) is 10.0. The van der Waals surface area contributed by atoms with E-state index in [1.54, 1.807) is 36.0 Å². The maximum Gasteiger partial charge on any atom is 0.253 e. The maximum atomic E-state index is 14.2. The lowest BCUT2D eigenvalue weighted by Crippen LogP contribution is -2.44. The molecule has 0 atom stereocenters. The number of nitrogens with zero attached hydrogens (tertiary/aromatic N) is 3. The van der Waals surface area contributed by atoms with Crippen molar-refractivity contribution in [2.24, 2.45) is 5.92 Å². The van der Waals surface area contributed by atoms with Crippen LogP contribution in [0.1, 0.15) is 48.9 Å². The highest BCUT2D eigenvalue weighted by molar-refractivity contribution is 5.94. The summed E-state index contributed by atoms with van der Waals surface area (Å²) in [6.07, 6.45) is 5.99. The second kappa shape index (κ2) is 8.72. The fourth-order valence-electron chi connectivity index (χ4n) is 4.06. The molecular weight excluding hydrogens is 345 g/mol. The lowest BCUT2D eigenvalue weighted by Gasteiger charge is -2.34. The molecule has 0 saturated carbocycles. The Kier molecular flexibility index (Phi) is 6.34. The van der Waals surface area contributed by atoms with Crippen LogP contribution in [0.2, 0.25) is 0 Å². The molecule has 148 valence electrons. The largest absolute Gasteiger partial charge is 0.375 e. The van der Waals surface area contributed by atoms with Crippen molar-refractivity contribution < 1.29 is 14.0 Å². The normalized spacial score (nSPS) is 18.9. The van der Waals surface area contributed by atoms with Crippen LogP contribution in [0.3, 0.4) is 0 Å². The van der Waals surface area contributed by atoms with E-state index in [2.05, 4.69) is 0 Å². The third kappa shape index (κ3) is 4.60. The molecule has 5 nitrogen and oxygen atoms in total. The minimum atomic E-state index is -0.392. The lowest BCUT2D eigenvalue weighted by molar-refractivity contribution is -0.136. The number of benzene rings is 1. The second-order valence-corrected chi connectivity index (χ2v) is 7.87. The second-order valence-electron chi connectivity index (χ2n) is 7.87. The highest BCUT2D eigenvalue weighted by atomic mass is 19.1. The molecule has 2 aliphatic heterocycles. The van der Waals surface area contributed by atoms with E-state index in [9.17, 15) is 14.0 Å². The van der Waals surface area contributed by atoms with Gasteiger partial charge in [0, 0.05) is 51.8 Å². The molecule has 0 bridgehead atoms. The number of hydrogen-bond acceptors (Lipinski definition) is 3.